The molecule has 0 saturated heterocycles. The molecule has 0 aliphatic rings. The number of para-hydroxylation sites is 1. The van der Waals surface area contributed by atoms with Crippen molar-refractivity contribution < 1.29 is 0 Å². The van der Waals surface area contributed by atoms with Crippen LogP contribution >= 0.6 is 23.6 Å². The highest BCUT2D eigenvalue weighted by molar-refractivity contribution is 7.71. The summed E-state index contributed by atoms with van der Waals surface area (Å²) in [6, 6.07) is 12.3. The zero-order valence-electron chi connectivity index (χ0n) is 15.4. The Morgan fingerprint density at radius 2 is 1.93 bits per heavy atom. The molecule has 0 aliphatic carbocycles. The van der Waals surface area contributed by atoms with Crippen molar-refractivity contribution in [2.24, 2.45) is 7.05 Å². The van der Waals surface area contributed by atoms with Crippen LogP contribution < -0.4 is 0 Å². The predicted octanol–water partition coefficient (Wildman–Crippen LogP) is 4.27. The Morgan fingerprint density at radius 3 is 2.67 bits per heavy atom. The van der Waals surface area contributed by atoms with Gasteiger partial charge in [-0.05, 0) is 50.5 Å². The lowest BCUT2D eigenvalue weighted by atomic mass is 10.2. The van der Waals surface area contributed by atoms with Crippen LogP contribution in [0.15, 0.2) is 48.8 Å². The Balaban J connectivity index is 1.59. The van der Waals surface area contributed by atoms with Crippen LogP contribution in [0, 0.1) is 4.77 Å². The minimum atomic E-state index is 0.163. The minimum absolute atomic E-state index is 0.163. The Hall–Kier alpha value is -2.42. The van der Waals surface area contributed by atoms with Gasteiger partial charge in [-0.25, -0.2) is 9.67 Å². The maximum atomic E-state index is 5.60. The summed E-state index contributed by atoms with van der Waals surface area (Å²) in [4.78, 5) is 11.1. The Bertz CT molecular complexity index is 1100. The molecule has 0 N–H and O–H groups in total. The molecule has 27 heavy (non-hydrogen) atoms. The fraction of sp³-hybridized carbons (Fsp3) is 0.263. The molecule has 138 valence electrons. The van der Waals surface area contributed by atoms with E-state index in [0.29, 0.717) is 11.4 Å². The summed E-state index contributed by atoms with van der Waals surface area (Å²) >= 11 is 7.33. The Morgan fingerprint density at radius 1 is 1.19 bits per heavy atom. The van der Waals surface area contributed by atoms with E-state index in [1.54, 1.807) is 23.7 Å². The van der Waals surface area contributed by atoms with Crippen molar-refractivity contribution in [2.45, 2.75) is 19.6 Å². The summed E-state index contributed by atoms with van der Waals surface area (Å²) < 4.78 is 5.68. The monoisotopic (exact) mass is 396 g/mol. The van der Waals surface area contributed by atoms with E-state index >= 15 is 0 Å². The van der Waals surface area contributed by atoms with Crippen molar-refractivity contribution in [3.05, 3.63) is 58.6 Å². The Labute approximate surface area is 166 Å². The maximum Gasteiger partial charge on any atom is 0.199 e. The second-order valence-corrected chi connectivity index (χ2v) is 7.92. The smallest absolute Gasteiger partial charge is 0.199 e. The fourth-order valence-corrected chi connectivity index (χ4v) is 4.19. The number of rotatable bonds is 5. The van der Waals surface area contributed by atoms with Gasteiger partial charge >= 0.3 is 0 Å². The van der Waals surface area contributed by atoms with Crippen LogP contribution in [0.3, 0.4) is 0 Å². The number of fused-ring (bicyclic) bond motifs is 1. The average Bonchev–Trinajstić information content (AvgIpc) is 3.24. The summed E-state index contributed by atoms with van der Waals surface area (Å²) in [7, 11) is 4.01. The number of benzene rings is 1. The van der Waals surface area contributed by atoms with Crippen LogP contribution in [-0.4, -0.2) is 36.3 Å². The molecule has 0 saturated carbocycles. The first-order chi connectivity index (χ1) is 13.0. The zero-order valence-corrected chi connectivity index (χ0v) is 17.0. The van der Waals surface area contributed by atoms with Crippen molar-refractivity contribution in [2.75, 3.05) is 7.05 Å². The van der Waals surface area contributed by atoms with E-state index in [1.165, 1.54) is 4.70 Å². The molecule has 3 heterocycles. The molecule has 0 bridgehead atoms. The SMILES string of the molecule is C[C@@H](c1nc2ccccc2s1)N(C)Cn1nc(-c2ccncc2)n(C)c1=S. The highest BCUT2D eigenvalue weighted by atomic mass is 32.1. The van der Waals surface area contributed by atoms with Crippen molar-refractivity contribution in [3.63, 3.8) is 0 Å². The number of aromatic nitrogens is 5. The molecule has 8 heteroatoms. The normalized spacial score (nSPS) is 12.7. The van der Waals surface area contributed by atoms with E-state index in [0.717, 1.165) is 21.9 Å². The maximum absolute atomic E-state index is 5.60. The first-order valence-electron chi connectivity index (χ1n) is 8.64. The summed E-state index contributed by atoms with van der Waals surface area (Å²) in [6.45, 7) is 2.75. The third-order valence-corrected chi connectivity index (χ3v) is 6.36. The topological polar surface area (TPSA) is 51.8 Å². The van der Waals surface area contributed by atoms with Crippen LogP contribution in [0.1, 0.15) is 18.0 Å². The molecule has 4 aromatic rings. The van der Waals surface area contributed by atoms with Gasteiger partial charge in [-0.2, -0.15) is 5.10 Å². The average molecular weight is 397 g/mol. The van der Waals surface area contributed by atoms with E-state index in [4.69, 9.17) is 22.3 Å². The summed E-state index contributed by atoms with van der Waals surface area (Å²) in [5.41, 5.74) is 2.05. The summed E-state index contributed by atoms with van der Waals surface area (Å²) in [5.74, 6) is 0.837. The third-order valence-electron chi connectivity index (χ3n) is 4.67. The number of nitrogens with zero attached hydrogens (tertiary/aromatic N) is 6. The molecule has 0 fully saturated rings. The number of hydrogen-bond donors (Lipinski definition) is 0. The van der Waals surface area contributed by atoms with Gasteiger partial charge in [0.25, 0.3) is 0 Å². The van der Waals surface area contributed by atoms with Crippen LogP contribution in [0.2, 0.25) is 0 Å². The van der Waals surface area contributed by atoms with Crippen molar-refractivity contribution in [3.8, 4) is 11.4 Å². The van der Waals surface area contributed by atoms with Gasteiger partial charge in [-0.15, -0.1) is 11.3 Å². The van der Waals surface area contributed by atoms with Crippen molar-refractivity contribution in [1.82, 2.24) is 29.2 Å². The van der Waals surface area contributed by atoms with Gasteiger partial charge in [0.2, 0.25) is 0 Å². The van der Waals surface area contributed by atoms with E-state index in [2.05, 4.69) is 36.0 Å². The van der Waals surface area contributed by atoms with E-state index in [-0.39, 0.29) is 6.04 Å². The second kappa shape index (κ2) is 7.30. The summed E-state index contributed by atoms with van der Waals surface area (Å²) in [5, 5.41) is 5.82. The number of hydrogen-bond acceptors (Lipinski definition) is 6. The quantitative estimate of drug-likeness (QED) is 0.472. The lowest BCUT2D eigenvalue weighted by molar-refractivity contribution is 0.194. The Kier molecular flexibility index (Phi) is 4.86. The van der Waals surface area contributed by atoms with E-state index in [1.807, 2.05) is 40.6 Å². The molecule has 4 rings (SSSR count). The second-order valence-electron chi connectivity index (χ2n) is 6.49. The zero-order chi connectivity index (χ0) is 19.0. The first-order valence-corrected chi connectivity index (χ1v) is 9.87. The van der Waals surface area contributed by atoms with Crippen LogP contribution in [-0.2, 0) is 13.7 Å². The molecule has 0 unspecified atom stereocenters. The van der Waals surface area contributed by atoms with Gasteiger partial charge in [0.1, 0.15) is 5.01 Å². The highest BCUT2D eigenvalue weighted by Crippen LogP contribution is 2.29. The number of pyridine rings is 1. The minimum Gasteiger partial charge on any atom is -0.303 e. The largest absolute Gasteiger partial charge is 0.303 e. The van der Waals surface area contributed by atoms with E-state index < -0.39 is 0 Å². The highest BCUT2D eigenvalue weighted by Gasteiger charge is 2.18. The van der Waals surface area contributed by atoms with Gasteiger partial charge in [-0.3, -0.25) is 9.88 Å². The molecule has 0 aliphatic heterocycles. The van der Waals surface area contributed by atoms with Crippen molar-refractivity contribution >= 4 is 33.8 Å². The van der Waals surface area contributed by atoms with Crippen LogP contribution in [0.4, 0.5) is 0 Å². The molecule has 0 radical (unpaired) electrons. The molecular formula is C19H20N6S2. The molecule has 3 aromatic heterocycles. The standard InChI is InChI=1S/C19H20N6S2/c1-13(18-21-15-6-4-5-7-16(15)27-18)23(2)12-25-19(26)24(3)17(22-25)14-8-10-20-11-9-14/h4-11,13H,12H2,1-3H3/t13-/m0/s1. The van der Waals surface area contributed by atoms with Gasteiger partial charge in [0.15, 0.2) is 10.6 Å². The number of thiazole rings is 1. The fourth-order valence-electron chi connectivity index (χ4n) is 2.92. The van der Waals surface area contributed by atoms with Crippen LogP contribution in [0.5, 0.6) is 0 Å². The third kappa shape index (κ3) is 3.43. The van der Waals surface area contributed by atoms with E-state index in [9.17, 15) is 0 Å². The predicted molar refractivity (Wildman–Crippen MR) is 111 cm³/mol. The first kappa shape index (κ1) is 18.0. The van der Waals surface area contributed by atoms with Crippen LogP contribution in [0.25, 0.3) is 21.6 Å². The lowest BCUT2D eigenvalue weighted by Gasteiger charge is -2.22. The lowest BCUT2D eigenvalue weighted by Crippen LogP contribution is -2.26. The van der Waals surface area contributed by atoms with Gasteiger partial charge in [-0.1, -0.05) is 12.1 Å². The summed E-state index contributed by atoms with van der Waals surface area (Å²) in [6.07, 6.45) is 3.53. The van der Waals surface area contributed by atoms with Gasteiger partial charge in [0, 0.05) is 25.0 Å². The van der Waals surface area contributed by atoms with Crippen molar-refractivity contribution in [1.29, 1.82) is 0 Å². The van der Waals surface area contributed by atoms with Gasteiger partial charge in [0.05, 0.1) is 22.9 Å². The van der Waals surface area contributed by atoms with Gasteiger partial charge < -0.3 is 4.57 Å². The molecule has 6 nitrogen and oxygen atoms in total. The molecule has 0 spiro atoms. The molecule has 1 aromatic carbocycles. The molecular weight excluding hydrogens is 376 g/mol. The molecule has 1 atom stereocenters. The molecule has 0 amide bonds.